The second-order valence-electron chi connectivity index (χ2n) is 6.24. The van der Waals surface area contributed by atoms with Gasteiger partial charge in [-0.3, -0.25) is 9.48 Å². The van der Waals surface area contributed by atoms with E-state index in [1.165, 1.54) is 6.08 Å². The van der Waals surface area contributed by atoms with Gasteiger partial charge in [-0.2, -0.15) is 20.3 Å². The number of hydrogen-bond acceptors (Lipinski definition) is 7. The van der Waals surface area contributed by atoms with E-state index >= 15 is 0 Å². The van der Waals surface area contributed by atoms with Crippen LogP contribution in [0.4, 0.5) is 17.3 Å². The SMILES string of the molecule is C=CC(=O)Nc1cccc(Oc2nc(Nc3cnn(C)c3)nc3[nH]cc(C#N)c23)c1. The van der Waals surface area contributed by atoms with Gasteiger partial charge in [0.2, 0.25) is 17.7 Å². The number of nitrogens with zero attached hydrogens (tertiary/aromatic N) is 5. The number of nitriles is 1. The van der Waals surface area contributed by atoms with Crippen molar-refractivity contribution in [2.24, 2.45) is 7.05 Å². The van der Waals surface area contributed by atoms with E-state index in [0.717, 1.165) is 0 Å². The van der Waals surface area contributed by atoms with E-state index < -0.39 is 0 Å². The van der Waals surface area contributed by atoms with Gasteiger partial charge in [0.15, 0.2) is 0 Å². The molecule has 0 aliphatic heterocycles. The molecular formula is C20H16N8O2. The average molecular weight is 400 g/mol. The first kappa shape index (κ1) is 18.7. The molecule has 1 amide bonds. The second-order valence-corrected chi connectivity index (χ2v) is 6.24. The maximum atomic E-state index is 11.5. The van der Waals surface area contributed by atoms with E-state index in [2.05, 4.69) is 43.3 Å². The van der Waals surface area contributed by atoms with Crippen LogP contribution in [0.3, 0.4) is 0 Å². The fourth-order valence-electron chi connectivity index (χ4n) is 2.78. The van der Waals surface area contributed by atoms with Gasteiger partial charge >= 0.3 is 0 Å². The van der Waals surface area contributed by atoms with E-state index in [1.54, 1.807) is 54.6 Å². The van der Waals surface area contributed by atoms with Crippen LogP contribution in [0.25, 0.3) is 11.0 Å². The number of ether oxygens (including phenoxy) is 1. The Bertz CT molecular complexity index is 1300. The van der Waals surface area contributed by atoms with E-state index in [-0.39, 0.29) is 17.7 Å². The zero-order valence-electron chi connectivity index (χ0n) is 15.9. The summed E-state index contributed by atoms with van der Waals surface area (Å²) in [7, 11) is 1.80. The summed E-state index contributed by atoms with van der Waals surface area (Å²) in [4.78, 5) is 23.3. The molecule has 3 N–H and O–H groups in total. The Labute approximate surface area is 170 Å². The highest BCUT2D eigenvalue weighted by Crippen LogP contribution is 2.32. The van der Waals surface area contributed by atoms with Crippen LogP contribution in [0.2, 0.25) is 0 Å². The lowest BCUT2D eigenvalue weighted by Gasteiger charge is -2.10. The molecule has 0 fully saturated rings. The molecule has 0 unspecified atom stereocenters. The number of hydrogen-bond donors (Lipinski definition) is 3. The number of nitrogens with one attached hydrogen (secondary N) is 3. The molecule has 1 aromatic carbocycles. The van der Waals surface area contributed by atoms with Gasteiger partial charge in [0.25, 0.3) is 0 Å². The van der Waals surface area contributed by atoms with Gasteiger partial charge in [-0.15, -0.1) is 0 Å². The highest BCUT2D eigenvalue weighted by molar-refractivity contribution is 5.99. The number of benzene rings is 1. The first-order valence-corrected chi connectivity index (χ1v) is 8.82. The lowest BCUT2D eigenvalue weighted by molar-refractivity contribution is -0.111. The van der Waals surface area contributed by atoms with Gasteiger partial charge in [-0.25, -0.2) is 0 Å². The predicted molar refractivity (Wildman–Crippen MR) is 110 cm³/mol. The van der Waals surface area contributed by atoms with Crippen LogP contribution in [0.5, 0.6) is 11.6 Å². The second kappa shape index (κ2) is 7.76. The molecule has 4 aromatic rings. The van der Waals surface area contributed by atoms with Crippen LogP contribution >= 0.6 is 0 Å². The summed E-state index contributed by atoms with van der Waals surface area (Å²) < 4.78 is 7.61. The number of carbonyl (C=O) groups is 1. The van der Waals surface area contributed by atoms with Gasteiger partial charge in [0.1, 0.15) is 17.5 Å². The van der Waals surface area contributed by atoms with Crippen LogP contribution in [0.1, 0.15) is 5.56 Å². The molecule has 0 atom stereocenters. The molecule has 0 spiro atoms. The number of aromatic nitrogens is 5. The first-order valence-electron chi connectivity index (χ1n) is 8.82. The Kier molecular flexibility index (Phi) is 4.84. The van der Waals surface area contributed by atoms with Gasteiger partial charge in [-0.1, -0.05) is 12.6 Å². The summed E-state index contributed by atoms with van der Waals surface area (Å²) in [5.41, 5.74) is 2.03. The molecule has 30 heavy (non-hydrogen) atoms. The molecule has 10 nitrogen and oxygen atoms in total. The smallest absolute Gasteiger partial charge is 0.247 e. The quantitative estimate of drug-likeness (QED) is 0.423. The van der Waals surface area contributed by atoms with E-state index in [1.807, 2.05) is 0 Å². The molecule has 3 heterocycles. The predicted octanol–water partition coefficient (Wildman–Crippen LogP) is 3.22. The average Bonchev–Trinajstić information content (AvgIpc) is 3.34. The van der Waals surface area contributed by atoms with Crippen molar-refractivity contribution in [3.63, 3.8) is 0 Å². The number of aromatic amines is 1. The summed E-state index contributed by atoms with van der Waals surface area (Å²) in [5.74, 6) is 0.551. The molecule has 0 aliphatic rings. The zero-order valence-corrected chi connectivity index (χ0v) is 15.9. The Balaban J connectivity index is 1.72. The normalized spacial score (nSPS) is 10.4. The largest absolute Gasteiger partial charge is 0.438 e. The molecule has 0 saturated carbocycles. The standard InChI is InChI=1S/C20H16N8O2/c1-3-16(29)24-13-5-4-6-15(7-13)30-19-17-12(8-21)9-22-18(17)26-20(27-19)25-14-10-23-28(2)11-14/h3-7,9-11H,1H2,2H3,(H,24,29)(H2,22,25,26,27). The first-order chi connectivity index (χ1) is 14.6. The molecule has 0 radical (unpaired) electrons. The Hall–Kier alpha value is -4.65. The van der Waals surface area contributed by atoms with Crippen molar-refractivity contribution in [3.05, 3.63) is 61.1 Å². The highest BCUT2D eigenvalue weighted by Gasteiger charge is 2.16. The summed E-state index contributed by atoms with van der Waals surface area (Å²) >= 11 is 0. The van der Waals surface area contributed by atoms with Crippen molar-refractivity contribution in [1.29, 1.82) is 5.26 Å². The zero-order chi connectivity index (χ0) is 21.1. The molecule has 0 bridgehead atoms. The molecule has 0 aliphatic carbocycles. The van der Waals surface area contributed by atoms with Gasteiger partial charge in [-0.05, 0) is 18.2 Å². The minimum atomic E-state index is -0.336. The number of aryl methyl sites for hydroxylation is 1. The number of amides is 1. The van der Waals surface area contributed by atoms with Crippen molar-refractivity contribution in [2.75, 3.05) is 10.6 Å². The van der Waals surface area contributed by atoms with Gasteiger partial charge < -0.3 is 20.4 Å². The summed E-state index contributed by atoms with van der Waals surface area (Å²) in [5, 5.41) is 19.7. The third-order valence-corrected chi connectivity index (χ3v) is 4.08. The van der Waals surface area contributed by atoms with E-state index in [9.17, 15) is 10.1 Å². The van der Waals surface area contributed by atoms with Crippen molar-refractivity contribution in [2.45, 2.75) is 0 Å². The van der Waals surface area contributed by atoms with Crippen LogP contribution in [-0.4, -0.2) is 30.6 Å². The fraction of sp³-hybridized carbons (Fsp3) is 0.0500. The Morgan fingerprint density at radius 1 is 1.37 bits per heavy atom. The third-order valence-electron chi connectivity index (χ3n) is 4.08. The molecule has 148 valence electrons. The number of carbonyl (C=O) groups excluding carboxylic acids is 1. The number of anilines is 3. The van der Waals surface area contributed by atoms with Crippen molar-refractivity contribution in [3.8, 4) is 17.7 Å². The fourth-order valence-corrected chi connectivity index (χ4v) is 2.78. The van der Waals surface area contributed by atoms with Crippen LogP contribution in [0.15, 0.2) is 55.5 Å². The van der Waals surface area contributed by atoms with Crippen LogP contribution in [-0.2, 0) is 11.8 Å². The van der Waals surface area contributed by atoms with Gasteiger partial charge in [0.05, 0.1) is 22.8 Å². The molecule has 4 rings (SSSR count). The maximum Gasteiger partial charge on any atom is 0.247 e. The topological polar surface area (TPSA) is 134 Å². The van der Waals surface area contributed by atoms with Crippen molar-refractivity contribution < 1.29 is 9.53 Å². The molecule has 3 aromatic heterocycles. The van der Waals surface area contributed by atoms with Crippen molar-refractivity contribution in [1.82, 2.24) is 24.7 Å². The maximum absolute atomic E-state index is 11.5. The summed E-state index contributed by atoms with van der Waals surface area (Å²) in [6.07, 6.45) is 6.13. The van der Waals surface area contributed by atoms with E-state index in [0.29, 0.717) is 33.7 Å². The van der Waals surface area contributed by atoms with Gasteiger partial charge in [0, 0.05) is 31.2 Å². The summed E-state index contributed by atoms with van der Waals surface area (Å²) in [6.45, 7) is 3.43. The lowest BCUT2D eigenvalue weighted by Crippen LogP contribution is -2.07. The van der Waals surface area contributed by atoms with Crippen LogP contribution in [0, 0.1) is 11.3 Å². The Morgan fingerprint density at radius 3 is 2.97 bits per heavy atom. The minimum Gasteiger partial charge on any atom is -0.438 e. The van der Waals surface area contributed by atoms with Crippen molar-refractivity contribution >= 4 is 34.3 Å². The molecule has 0 saturated heterocycles. The highest BCUT2D eigenvalue weighted by atomic mass is 16.5. The monoisotopic (exact) mass is 400 g/mol. The molecular weight excluding hydrogens is 384 g/mol. The van der Waals surface area contributed by atoms with Crippen LogP contribution < -0.4 is 15.4 Å². The third kappa shape index (κ3) is 3.81. The summed E-state index contributed by atoms with van der Waals surface area (Å²) in [6, 6.07) is 8.90. The number of fused-ring (bicyclic) bond motifs is 1. The van der Waals surface area contributed by atoms with E-state index in [4.69, 9.17) is 4.74 Å². The molecule has 10 heteroatoms. The number of H-pyrrole nitrogens is 1. The minimum absolute atomic E-state index is 0.191. The number of rotatable bonds is 6. The Morgan fingerprint density at radius 2 is 2.23 bits per heavy atom. The lowest BCUT2D eigenvalue weighted by atomic mass is 10.2.